The van der Waals surface area contributed by atoms with Crippen LogP contribution in [0.1, 0.15) is 47.5 Å². The predicted molar refractivity (Wildman–Crippen MR) is 86.7 cm³/mol. The van der Waals surface area contributed by atoms with E-state index in [1.54, 1.807) is 24.3 Å². The lowest BCUT2D eigenvalue weighted by atomic mass is 9.86. The largest absolute Gasteiger partial charge is 0.416 e. The molecule has 0 bridgehead atoms. The maximum atomic E-state index is 13.2. The van der Waals surface area contributed by atoms with Crippen LogP contribution in [0.25, 0.3) is 0 Å². The number of rotatable bonds is 3. The average Bonchev–Trinajstić information content (AvgIpc) is 2.61. The molecule has 1 aromatic heterocycles. The normalized spacial score (nSPS) is 18.3. The van der Waals surface area contributed by atoms with Gasteiger partial charge < -0.3 is 5.11 Å². The van der Waals surface area contributed by atoms with Crippen molar-refractivity contribution in [3.05, 3.63) is 58.9 Å². The minimum atomic E-state index is -4.34. The molecule has 1 aromatic carbocycles. The third-order valence-corrected chi connectivity index (χ3v) is 4.66. The summed E-state index contributed by atoms with van der Waals surface area (Å²) in [5, 5.41) is 18.3. The van der Waals surface area contributed by atoms with Gasteiger partial charge in [0.15, 0.2) is 6.23 Å². The monoisotopic (exact) mass is 351 g/mol. The van der Waals surface area contributed by atoms with Crippen LogP contribution in [0.2, 0.25) is 0 Å². The Morgan fingerprint density at radius 3 is 2.36 bits per heavy atom. The van der Waals surface area contributed by atoms with Crippen LogP contribution in [-0.4, -0.2) is 33.3 Å². The van der Waals surface area contributed by atoms with Crippen molar-refractivity contribution in [1.29, 1.82) is 0 Å². The quantitative estimate of drug-likeness (QED) is 0.917. The molecule has 3 rings (SSSR count). The lowest BCUT2D eigenvalue weighted by Gasteiger charge is -2.35. The number of halogens is 3. The molecule has 1 saturated heterocycles. The van der Waals surface area contributed by atoms with Gasteiger partial charge in [0.05, 0.1) is 11.3 Å². The van der Waals surface area contributed by atoms with Gasteiger partial charge in [-0.25, -0.2) is 0 Å². The zero-order chi connectivity index (χ0) is 18.0. The molecule has 1 unspecified atom stereocenters. The first-order valence-electron chi connectivity index (χ1n) is 8.24. The Morgan fingerprint density at radius 1 is 1.08 bits per heavy atom. The summed E-state index contributed by atoms with van der Waals surface area (Å²) in [5.74, 6) is -0.162. The molecule has 1 fully saturated rings. The van der Waals surface area contributed by atoms with Crippen LogP contribution in [0.15, 0.2) is 36.4 Å². The van der Waals surface area contributed by atoms with Gasteiger partial charge >= 0.3 is 6.18 Å². The van der Waals surface area contributed by atoms with Crippen LogP contribution < -0.4 is 0 Å². The Labute approximate surface area is 144 Å². The first-order valence-corrected chi connectivity index (χ1v) is 8.24. The van der Waals surface area contributed by atoms with Gasteiger partial charge in [-0.3, -0.25) is 4.90 Å². The SMILES string of the molecule is Cc1ccc(C(O)N2CCC(c3ccccc3C(F)(F)F)CC2)nn1. The summed E-state index contributed by atoms with van der Waals surface area (Å²) in [7, 11) is 0. The number of aromatic nitrogens is 2. The molecule has 0 spiro atoms. The second-order valence-electron chi connectivity index (χ2n) is 6.37. The number of benzene rings is 1. The van der Waals surface area contributed by atoms with Crippen molar-refractivity contribution in [3.8, 4) is 0 Å². The zero-order valence-corrected chi connectivity index (χ0v) is 13.9. The van der Waals surface area contributed by atoms with Crippen LogP contribution in [0, 0.1) is 6.92 Å². The van der Waals surface area contributed by atoms with E-state index in [2.05, 4.69) is 10.2 Å². The summed E-state index contributed by atoms with van der Waals surface area (Å²) in [4.78, 5) is 1.83. The van der Waals surface area contributed by atoms with E-state index >= 15 is 0 Å². The number of hydrogen-bond donors (Lipinski definition) is 1. The van der Waals surface area contributed by atoms with Crippen molar-refractivity contribution in [2.75, 3.05) is 13.1 Å². The molecule has 134 valence electrons. The highest BCUT2D eigenvalue weighted by atomic mass is 19.4. The van der Waals surface area contributed by atoms with E-state index in [4.69, 9.17) is 0 Å². The Kier molecular flexibility index (Phi) is 5.06. The number of likely N-dealkylation sites (tertiary alicyclic amines) is 1. The molecule has 1 aliphatic heterocycles. The van der Waals surface area contributed by atoms with Gasteiger partial charge in [-0.15, -0.1) is 0 Å². The van der Waals surface area contributed by atoms with E-state index in [1.807, 2.05) is 11.8 Å². The van der Waals surface area contributed by atoms with E-state index < -0.39 is 18.0 Å². The maximum Gasteiger partial charge on any atom is 0.416 e. The molecule has 1 aliphatic rings. The van der Waals surface area contributed by atoms with Gasteiger partial charge in [-0.1, -0.05) is 18.2 Å². The highest BCUT2D eigenvalue weighted by molar-refractivity contribution is 5.33. The first-order chi connectivity index (χ1) is 11.9. The third kappa shape index (κ3) is 3.99. The molecule has 0 saturated carbocycles. The van der Waals surface area contributed by atoms with Crippen molar-refractivity contribution in [2.45, 2.75) is 38.1 Å². The number of piperidine rings is 1. The molecule has 0 radical (unpaired) electrons. The van der Waals surface area contributed by atoms with Crippen molar-refractivity contribution in [2.24, 2.45) is 0 Å². The second kappa shape index (κ2) is 7.09. The van der Waals surface area contributed by atoms with Crippen LogP contribution in [0.4, 0.5) is 13.2 Å². The predicted octanol–water partition coefficient (Wildman–Crippen LogP) is 3.67. The van der Waals surface area contributed by atoms with E-state index in [1.165, 1.54) is 6.07 Å². The van der Waals surface area contributed by atoms with Crippen molar-refractivity contribution in [1.82, 2.24) is 15.1 Å². The molecule has 25 heavy (non-hydrogen) atoms. The lowest BCUT2D eigenvalue weighted by Crippen LogP contribution is -2.37. The maximum absolute atomic E-state index is 13.2. The highest BCUT2D eigenvalue weighted by Crippen LogP contribution is 2.39. The van der Waals surface area contributed by atoms with Crippen molar-refractivity contribution in [3.63, 3.8) is 0 Å². The molecule has 0 amide bonds. The molecule has 2 aromatic rings. The molecule has 4 nitrogen and oxygen atoms in total. The lowest BCUT2D eigenvalue weighted by molar-refractivity contribution is -0.138. The van der Waals surface area contributed by atoms with Gasteiger partial charge in [-0.2, -0.15) is 23.4 Å². The molecule has 1 N–H and O–H groups in total. The summed E-state index contributed by atoms with van der Waals surface area (Å²) >= 11 is 0. The van der Waals surface area contributed by atoms with Gasteiger partial charge in [0, 0.05) is 13.1 Å². The molecular formula is C18H20F3N3O. The smallest absolute Gasteiger partial charge is 0.372 e. The molecule has 0 aliphatic carbocycles. The summed E-state index contributed by atoms with van der Waals surface area (Å²) in [6.45, 7) is 2.83. The molecular weight excluding hydrogens is 331 g/mol. The minimum Gasteiger partial charge on any atom is -0.372 e. The van der Waals surface area contributed by atoms with Crippen molar-refractivity contribution < 1.29 is 18.3 Å². The molecule has 2 heterocycles. The van der Waals surface area contributed by atoms with Gasteiger partial charge in [0.1, 0.15) is 5.69 Å². The Bertz CT molecular complexity index is 710. The van der Waals surface area contributed by atoms with Crippen LogP contribution >= 0.6 is 0 Å². The summed E-state index contributed by atoms with van der Waals surface area (Å²) in [6.07, 6.45) is -4.11. The Balaban J connectivity index is 1.69. The summed E-state index contributed by atoms with van der Waals surface area (Å²) < 4.78 is 39.6. The topological polar surface area (TPSA) is 49.2 Å². The number of aliphatic hydroxyl groups excluding tert-OH is 1. The fourth-order valence-electron chi connectivity index (χ4n) is 3.30. The third-order valence-electron chi connectivity index (χ3n) is 4.66. The summed E-state index contributed by atoms with van der Waals surface area (Å²) in [6, 6.07) is 9.26. The van der Waals surface area contributed by atoms with Crippen molar-refractivity contribution >= 4 is 0 Å². The van der Waals surface area contributed by atoms with Gasteiger partial charge in [0.2, 0.25) is 0 Å². The summed E-state index contributed by atoms with van der Waals surface area (Å²) in [5.41, 5.74) is 1.01. The fourth-order valence-corrected chi connectivity index (χ4v) is 3.30. The number of nitrogens with zero attached hydrogens (tertiary/aromatic N) is 3. The van der Waals surface area contributed by atoms with Crippen LogP contribution in [0.5, 0.6) is 0 Å². The van der Waals surface area contributed by atoms with E-state index in [0.717, 1.165) is 11.8 Å². The van der Waals surface area contributed by atoms with Crippen LogP contribution in [-0.2, 0) is 6.18 Å². The minimum absolute atomic E-state index is 0.162. The highest BCUT2D eigenvalue weighted by Gasteiger charge is 2.36. The zero-order valence-electron chi connectivity index (χ0n) is 13.9. The average molecular weight is 351 g/mol. The van der Waals surface area contributed by atoms with E-state index in [9.17, 15) is 18.3 Å². The Hall–Kier alpha value is -1.99. The molecule has 7 heteroatoms. The number of aliphatic hydroxyl groups is 1. The Morgan fingerprint density at radius 2 is 1.76 bits per heavy atom. The van der Waals surface area contributed by atoms with Crippen LogP contribution in [0.3, 0.4) is 0 Å². The standard InChI is InChI=1S/C18H20F3N3O/c1-12-6-7-16(23-22-12)17(25)24-10-8-13(9-11-24)14-4-2-3-5-15(14)18(19,20)21/h2-7,13,17,25H,8-11H2,1H3. The van der Waals surface area contributed by atoms with Gasteiger partial charge in [0.25, 0.3) is 0 Å². The van der Waals surface area contributed by atoms with Gasteiger partial charge in [-0.05, 0) is 49.4 Å². The number of hydrogen-bond acceptors (Lipinski definition) is 4. The van der Waals surface area contributed by atoms with E-state index in [0.29, 0.717) is 37.2 Å². The van der Waals surface area contributed by atoms with E-state index in [-0.39, 0.29) is 5.92 Å². The molecule has 1 atom stereocenters. The first kappa shape index (κ1) is 17.8. The second-order valence-corrected chi connectivity index (χ2v) is 6.37. The fraction of sp³-hybridized carbons (Fsp3) is 0.444. The number of alkyl halides is 3. The number of aryl methyl sites for hydroxylation is 1.